The van der Waals surface area contributed by atoms with E-state index in [0.29, 0.717) is 23.5 Å². The second kappa shape index (κ2) is 31.0. The first-order valence-electron chi connectivity index (χ1n) is 32.3. The highest BCUT2D eigenvalue weighted by Gasteiger charge is 2.40. The van der Waals surface area contributed by atoms with E-state index in [1.807, 2.05) is 45.3 Å². The molecule has 0 atom stereocenters. The van der Waals surface area contributed by atoms with Gasteiger partial charge in [0.05, 0.1) is 65.9 Å². The fraction of sp³-hybridized carbons (Fsp3) is 0.389. The third-order valence-corrected chi connectivity index (χ3v) is 25.4. The summed E-state index contributed by atoms with van der Waals surface area (Å²) in [5, 5.41) is 9.23. The van der Waals surface area contributed by atoms with Gasteiger partial charge >= 0.3 is 0 Å². The maximum absolute atomic E-state index is 6.31. The van der Waals surface area contributed by atoms with Crippen LogP contribution >= 0.6 is 90.7 Å². The molecule has 458 valence electrons. The molecule has 0 aliphatic carbocycles. The van der Waals surface area contributed by atoms with Crippen molar-refractivity contribution < 1.29 is 9.47 Å². The number of thiazole rings is 2. The molecule has 0 spiro atoms. The number of fused-ring (bicyclic) bond motifs is 3. The first-order chi connectivity index (χ1) is 43.4. The number of nitrogens with zero attached hydrogens (tertiary/aromatic N) is 4. The molecule has 88 heavy (non-hydrogen) atoms. The number of hydrogen-bond donors (Lipinski definition) is 2. The van der Waals surface area contributed by atoms with Gasteiger partial charge < -0.3 is 20.1 Å². The van der Waals surface area contributed by atoms with Crippen LogP contribution in [0.25, 0.3) is 70.8 Å². The molecule has 8 nitrogen and oxygen atoms in total. The molecule has 0 bridgehead atoms. The number of rotatable bonds is 34. The smallest absolute Gasteiger partial charge is 0.212 e. The monoisotopic (exact) mass is 1320 g/mol. The van der Waals surface area contributed by atoms with E-state index in [4.69, 9.17) is 29.4 Å². The number of benzene rings is 2. The molecule has 2 N–H and O–H groups in total. The second-order valence-electron chi connectivity index (χ2n) is 23.0. The summed E-state index contributed by atoms with van der Waals surface area (Å²) in [6, 6.07) is 40.1. The van der Waals surface area contributed by atoms with E-state index < -0.39 is 0 Å². The quantitative estimate of drug-likeness (QED) is 0.0391. The summed E-state index contributed by atoms with van der Waals surface area (Å²) in [4.78, 5) is 36.7. The van der Waals surface area contributed by atoms with Crippen molar-refractivity contribution >= 4 is 144 Å². The molecule has 0 radical (unpaired) electrons. The molecule has 0 unspecified atom stereocenters. The summed E-state index contributed by atoms with van der Waals surface area (Å²) >= 11 is 14.4. The van der Waals surface area contributed by atoms with Gasteiger partial charge in [0.25, 0.3) is 0 Å². The van der Waals surface area contributed by atoms with Crippen LogP contribution in [0.4, 0.5) is 10.3 Å². The SMILES string of the molecule is CCCCCCCCOc1ccc2nc(/N=C3\NC(c4ccc(-c5ccc(-c6ccc(CCCCCC)s6)s5)s4)=C4C3=C(c3ccc(-c5ccc(-c6ccc(CCCCCC)s6)s5)s3)N/C4=N\c3nc4ccc(OCCCCCCCC)cc4s3)sc2c1. The van der Waals surface area contributed by atoms with Crippen LogP contribution in [0.15, 0.2) is 130 Å². The Kier molecular flexibility index (Phi) is 22.0. The molecule has 12 rings (SSSR count). The standard InChI is InChI=1S/C72H80N6O2S8/c1-5-9-13-17-19-23-43-79-47-27-31-51-63(45-47)87-71(73-51)77-69-65-66(68(75-69)62-42-40-60(86-62)58-38-36-56(84-58)54-34-30-50(82-54)26-22-16-12-8-4)70(78-72-74-52-32-28-48(46-64(52)88-72)80-44-24-20-18-14-10-6-2)76-67(65)61-41-39-59(85-61)57-37-35-55(83-57)53-33-29-49(81-53)25-21-15-11-7-3/h27-42,45-46H,5-26,43-44H2,1-4H3,(H,73,75,77)(H,74,76,78). The van der Waals surface area contributed by atoms with E-state index in [1.54, 1.807) is 45.3 Å². The Hall–Kier alpha value is -5.56. The summed E-state index contributed by atoms with van der Waals surface area (Å²) in [7, 11) is 0. The maximum Gasteiger partial charge on any atom is 0.212 e. The van der Waals surface area contributed by atoms with Crippen LogP contribution in [0.5, 0.6) is 11.5 Å². The highest BCUT2D eigenvalue weighted by atomic mass is 32.1. The third-order valence-electron chi connectivity index (χ3n) is 16.1. The second-order valence-corrected chi connectivity index (χ2v) is 31.7. The van der Waals surface area contributed by atoms with E-state index in [9.17, 15) is 0 Å². The Morgan fingerprint density at radius 1 is 0.341 bits per heavy atom. The van der Waals surface area contributed by atoms with Crippen molar-refractivity contribution in [2.24, 2.45) is 9.98 Å². The Morgan fingerprint density at radius 2 is 0.670 bits per heavy atom. The van der Waals surface area contributed by atoms with Crippen molar-refractivity contribution in [1.82, 2.24) is 20.6 Å². The van der Waals surface area contributed by atoms with E-state index >= 15 is 0 Å². The Balaban J connectivity index is 0.900. The molecular weight excluding hydrogens is 1240 g/mol. The molecule has 0 amide bonds. The van der Waals surface area contributed by atoms with Gasteiger partial charge in [-0.1, -0.05) is 153 Å². The lowest BCUT2D eigenvalue weighted by Crippen LogP contribution is -2.21. The number of ether oxygens (including phenoxy) is 2. The number of unbranched alkanes of at least 4 members (excludes halogenated alkanes) is 16. The summed E-state index contributed by atoms with van der Waals surface area (Å²) in [6.45, 7) is 10.5. The van der Waals surface area contributed by atoms with Crippen LogP contribution in [0.3, 0.4) is 0 Å². The van der Waals surface area contributed by atoms with Gasteiger partial charge in [0.15, 0.2) is 0 Å². The number of hydrogen-bond acceptors (Lipinski definition) is 14. The van der Waals surface area contributed by atoms with Crippen molar-refractivity contribution in [3.63, 3.8) is 0 Å². The first kappa shape index (κ1) is 62.6. The van der Waals surface area contributed by atoms with Crippen LogP contribution in [0.1, 0.15) is 176 Å². The number of aliphatic imine (C=N–C) groups is 2. The molecular formula is C72H80N6O2S8. The predicted octanol–water partition coefficient (Wildman–Crippen LogP) is 24.5. The summed E-state index contributed by atoms with van der Waals surface area (Å²) in [6.07, 6.45) is 27.3. The fourth-order valence-electron chi connectivity index (χ4n) is 11.3. The number of thiophene rings is 6. The molecule has 0 saturated heterocycles. The molecule has 8 aromatic heterocycles. The highest BCUT2D eigenvalue weighted by Crippen LogP contribution is 2.48. The van der Waals surface area contributed by atoms with Gasteiger partial charge in [0, 0.05) is 48.8 Å². The van der Waals surface area contributed by atoms with Crippen molar-refractivity contribution in [2.75, 3.05) is 13.2 Å². The van der Waals surface area contributed by atoms with Crippen molar-refractivity contribution in [1.29, 1.82) is 0 Å². The molecule has 2 aliphatic rings. The summed E-state index contributed by atoms with van der Waals surface area (Å²) in [5.74, 6) is 3.22. The van der Waals surface area contributed by atoms with Gasteiger partial charge in [-0.3, -0.25) is 0 Å². The molecule has 10 heterocycles. The van der Waals surface area contributed by atoms with Gasteiger partial charge in [0.2, 0.25) is 10.3 Å². The molecule has 0 fully saturated rings. The van der Waals surface area contributed by atoms with Crippen LogP contribution in [-0.4, -0.2) is 34.9 Å². The zero-order valence-electron chi connectivity index (χ0n) is 51.2. The minimum Gasteiger partial charge on any atom is -0.494 e. The number of aryl methyl sites for hydroxylation is 2. The largest absolute Gasteiger partial charge is 0.494 e. The zero-order valence-corrected chi connectivity index (χ0v) is 57.8. The van der Waals surface area contributed by atoms with E-state index in [0.717, 1.165) is 102 Å². The summed E-state index contributed by atoms with van der Waals surface area (Å²) in [5.41, 5.74) is 5.69. The normalized spacial score (nSPS) is 14.2. The maximum atomic E-state index is 6.31. The summed E-state index contributed by atoms with van der Waals surface area (Å²) < 4.78 is 14.7. The Bertz CT molecular complexity index is 3790. The Labute approximate surface area is 552 Å². The molecule has 16 heteroatoms. The fourth-order valence-corrected chi connectivity index (χ4v) is 19.5. The van der Waals surface area contributed by atoms with E-state index in [1.165, 1.54) is 164 Å². The molecule has 0 saturated carbocycles. The van der Waals surface area contributed by atoms with Crippen molar-refractivity contribution in [3.05, 3.63) is 140 Å². The lowest BCUT2D eigenvalue weighted by Gasteiger charge is -2.08. The highest BCUT2D eigenvalue weighted by molar-refractivity contribution is 7.27. The lowest BCUT2D eigenvalue weighted by molar-refractivity contribution is 0.304. The average Bonchev–Trinajstić information content (AvgIpc) is 1.73. The van der Waals surface area contributed by atoms with Crippen LogP contribution in [0.2, 0.25) is 0 Å². The minimum atomic E-state index is 0.676. The predicted molar refractivity (Wildman–Crippen MR) is 389 cm³/mol. The first-order valence-corrected chi connectivity index (χ1v) is 38.8. The topological polar surface area (TPSA) is 93.0 Å². The van der Waals surface area contributed by atoms with Gasteiger partial charge in [-0.15, -0.1) is 68.0 Å². The minimum absolute atomic E-state index is 0.676. The third kappa shape index (κ3) is 15.6. The Morgan fingerprint density at radius 3 is 1.07 bits per heavy atom. The van der Waals surface area contributed by atoms with Crippen LogP contribution in [0, 0.1) is 0 Å². The van der Waals surface area contributed by atoms with Gasteiger partial charge in [-0.2, -0.15) is 0 Å². The number of nitrogens with one attached hydrogen (secondary N) is 2. The van der Waals surface area contributed by atoms with Crippen molar-refractivity contribution in [3.8, 4) is 50.5 Å². The molecule has 10 aromatic rings. The van der Waals surface area contributed by atoms with Crippen LogP contribution < -0.4 is 20.1 Å². The van der Waals surface area contributed by atoms with Gasteiger partial charge in [-0.25, -0.2) is 20.0 Å². The van der Waals surface area contributed by atoms with E-state index in [2.05, 4.69) is 148 Å². The average molecular weight is 1320 g/mol. The van der Waals surface area contributed by atoms with Gasteiger partial charge in [0.1, 0.15) is 23.2 Å². The van der Waals surface area contributed by atoms with Crippen molar-refractivity contribution in [2.45, 2.75) is 169 Å². The molecule has 2 aliphatic heterocycles. The van der Waals surface area contributed by atoms with Crippen LogP contribution in [-0.2, 0) is 12.8 Å². The molecule has 2 aromatic carbocycles. The zero-order chi connectivity index (χ0) is 60.0. The van der Waals surface area contributed by atoms with Gasteiger partial charge in [-0.05, 0) is 148 Å². The lowest BCUT2D eigenvalue weighted by atomic mass is 10.1. The number of amidine groups is 2. The number of aromatic nitrogens is 2. The van der Waals surface area contributed by atoms with E-state index in [-0.39, 0.29) is 0 Å².